The fourth-order valence-electron chi connectivity index (χ4n) is 5.43. The monoisotopic (exact) mass is 535 g/mol. The molecule has 2 aromatic heterocycles. The number of nitrogens with one attached hydrogen (secondary N) is 1. The van der Waals surface area contributed by atoms with Crippen molar-refractivity contribution in [2.24, 2.45) is 5.41 Å². The molecule has 5 rings (SSSR count). The second-order valence-electron chi connectivity index (χ2n) is 9.64. The SMILES string of the molecule is N#CCc1cccc(S(=O)(=O)NC2CCC3(CCN(c4ncnc5sc(CC(F)(F)F)cc45)C3)C2)c1. The Labute approximate surface area is 211 Å². The van der Waals surface area contributed by atoms with E-state index in [4.69, 9.17) is 5.26 Å². The van der Waals surface area contributed by atoms with Crippen molar-refractivity contribution in [2.75, 3.05) is 18.0 Å². The van der Waals surface area contributed by atoms with Crippen LogP contribution in [0.1, 0.15) is 36.1 Å². The molecule has 2 unspecified atom stereocenters. The molecule has 36 heavy (non-hydrogen) atoms. The lowest BCUT2D eigenvalue weighted by Crippen LogP contribution is -2.34. The molecule has 0 radical (unpaired) electrons. The van der Waals surface area contributed by atoms with Crippen LogP contribution in [0.5, 0.6) is 0 Å². The first-order chi connectivity index (χ1) is 17.1. The summed E-state index contributed by atoms with van der Waals surface area (Å²) < 4.78 is 67.5. The topological polar surface area (TPSA) is 99.0 Å². The molecular formula is C24H24F3N5O2S2. The lowest BCUT2D eigenvalue weighted by atomic mass is 9.85. The van der Waals surface area contributed by atoms with Gasteiger partial charge in [0.05, 0.1) is 29.2 Å². The zero-order valence-corrected chi connectivity index (χ0v) is 20.9. The summed E-state index contributed by atoms with van der Waals surface area (Å²) in [6.45, 7) is 1.37. The summed E-state index contributed by atoms with van der Waals surface area (Å²) in [5.74, 6) is 0.639. The fourth-order valence-corrected chi connectivity index (χ4v) is 7.79. The van der Waals surface area contributed by atoms with E-state index in [2.05, 4.69) is 19.6 Å². The first-order valence-corrected chi connectivity index (χ1v) is 13.9. The van der Waals surface area contributed by atoms with E-state index in [1.807, 2.05) is 6.07 Å². The van der Waals surface area contributed by atoms with Gasteiger partial charge in [-0.3, -0.25) is 0 Å². The minimum atomic E-state index is -4.28. The molecular weight excluding hydrogens is 511 g/mol. The predicted octanol–water partition coefficient (Wildman–Crippen LogP) is 4.59. The Hall–Kier alpha value is -2.75. The van der Waals surface area contributed by atoms with Gasteiger partial charge >= 0.3 is 6.18 Å². The molecule has 12 heteroatoms. The Morgan fingerprint density at radius 2 is 2.08 bits per heavy atom. The summed E-state index contributed by atoms with van der Waals surface area (Å²) in [7, 11) is -3.72. The van der Waals surface area contributed by atoms with Gasteiger partial charge in [-0.2, -0.15) is 18.4 Å². The van der Waals surface area contributed by atoms with E-state index in [-0.39, 0.29) is 27.7 Å². The van der Waals surface area contributed by atoms with Crippen LogP contribution in [0, 0.1) is 16.7 Å². The van der Waals surface area contributed by atoms with Crippen molar-refractivity contribution < 1.29 is 21.6 Å². The maximum atomic E-state index is 13.0. The molecule has 0 amide bonds. The second kappa shape index (κ2) is 9.28. The number of hydrogen-bond donors (Lipinski definition) is 1. The van der Waals surface area contributed by atoms with Crippen molar-refractivity contribution in [1.29, 1.82) is 5.26 Å². The van der Waals surface area contributed by atoms with Crippen molar-refractivity contribution in [3.05, 3.63) is 47.1 Å². The summed E-state index contributed by atoms with van der Waals surface area (Å²) in [5, 5.41) is 9.53. The summed E-state index contributed by atoms with van der Waals surface area (Å²) in [4.78, 5) is 11.6. The highest BCUT2D eigenvalue weighted by Crippen LogP contribution is 2.47. The van der Waals surface area contributed by atoms with E-state index < -0.39 is 22.6 Å². The number of fused-ring (bicyclic) bond motifs is 1. The van der Waals surface area contributed by atoms with E-state index in [0.717, 1.165) is 24.2 Å². The maximum absolute atomic E-state index is 13.0. The van der Waals surface area contributed by atoms with Crippen molar-refractivity contribution in [2.45, 2.75) is 55.6 Å². The Kier molecular flexibility index (Phi) is 6.43. The number of alkyl halides is 3. The van der Waals surface area contributed by atoms with Gasteiger partial charge in [0.1, 0.15) is 17.0 Å². The number of hydrogen-bond acceptors (Lipinski definition) is 7. The Morgan fingerprint density at radius 1 is 1.25 bits per heavy atom. The number of thiophene rings is 1. The molecule has 1 spiro atoms. The first-order valence-electron chi connectivity index (χ1n) is 11.6. The number of nitrogens with zero attached hydrogens (tertiary/aromatic N) is 4. The number of rotatable bonds is 6. The van der Waals surface area contributed by atoms with Crippen LogP contribution in [-0.4, -0.2) is 43.7 Å². The molecule has 0 bridgehead atoms. The van der Waals surface area contributed by atoms with E-state index in [1.54, 1.807) is 18.2 Å². The lowest BCUT2D eigenvalue weighted by molar-refractivity contribution is -0.126. The Bertz CT molecular complexity index is 1430. The van der Waals surface area contributed by atoms with Crippen LogP contribution in [-0.2, 0) is 22.9 Å². The number of benzene rings is 1. The molecule has 2 aliphatic rings. The standard InChI is InChI=1S/C24H24F3N5O2S2/c25-24(26,27)13-18-11-20-21(29-15-30-22(20)35-18)32-9-7-23(14-32)6-4-17(12-23)31-36(33,34)19-3-1-2-16(10-19)5-8-28/h1-3,10-11,15,17,31H,4-7,9,12-14H2. The highest BCUT2D eigenvalue weighted by Gasteiger charge is 2.45. The molecule has 7 nitrogen and oxygen atoms in total. The first kappa shape index (κ1) is 24.9. The molecule has 190 valence electrons. The quantitative estimate of drug-likeness (QED) is 0.496. The lowest BCUT2D eigenvalue weighted by Gasteiger charge is -2.25. The number of anilines is 1. The van der Waals surface area contributed by atoms with Gasteiger partial charge in [0.15, 0.2) is 0 Å². The minimum Gasteiger partial charge on any atom is -0.355 e. The Balaban J connectivity index is 1.29. The third-order valence-electron chi connectivity index (χ3n) is 6.99. The minimum absolute atomic E-state index is 0.0854. The normalized spacial score (nSPS) is 22.5. The van der Waals surface area contributed by atoms with Gasteiger partial charge < -0.3 is 4.90 Å². The zero-order chi connectivity index (χ0) is 25.6. The van der Waals surface area contributed by atoms with Crippen LogP contribution in [0.25, 0.3) is 10.2 Å². The average molecular weight is 536 g/mol. The van der Waals surface area contributed by atoms with Gasteiger partial charge in [0.25, 0.3) is 0 Å². The second-order valence-corrected chi connectivity index (χ2v) is 12.5. The van der Waals surface area contributed by atoms with Crippen molar-refractivity contribution in [1.82, 2.24) is 14.7 Å². The fraction of sp³-hybridized carbons (Fsp3) is 0.458. The molecule has 1 saturated heterocycles. The largest absolute Gasteiger partial charge is 0.393 e. The molecule has 2 fully saturated rings. The van der Waals surface area contributed by atoms with Gasteiger partial charge in [-0.1, -0.05) is 12.1 Å². The third-order valence-corrected chi connectivity index (χ3v) is 9.55. The van der Waals surface area contributed by atoms with E-state index >= 15 is 0 Å². The van der Waals surface area contributed by atoms with Gasteiger partial charge in [-0.15, -0.1) is 11.3 Å². The van der Waals surface area contributed by atoms with Crippen LogP contribution < -0.4 is 9.62 Å². The van der Waals surface area contributed by atoms with Gasteiger partial charge in [-0.25, -0.2) is 23.1 Å². The molecule has 1 aromatic carbocycles. The molecule has 1 aliphatic heterocycles. The van der Waals surface area contributed by atoms with Crippen LogP contribution in [0.15, 0.2) is 41.6 Å². The molecule has 1 saturated carbocycles. The van der Waals surface area contributed by atoms with Crippen LogP contribution in [0.2, 0.25) is 0 Å². The van der Waals surface area contributed by atoms with Gasteiger partial charge in [0.2, 0.25) is 10.0 Å². The van der Waals surface area contributed by atoms with Gasteiger partial charge in [-0.05, 0) is 54.9 Å². The Morgan fingerprint density at radius 3 is 2.86 bits per heavy atom. The summed E-state index contributed by atoms with van der Waals surface area (Å²) in [6.07, 6.45) is -0.646. The summed E-state index contributed by atoms with van der Waals surface area (Å²) in [6, 6.07) is 9.78. The van der Waals surface area contributed by atoms with Crippen molar-refractivity contribution >= 4 is 37.4 Å². The number of nitriles is 1. The maximum Gasteiger partial charge on any atom is 0.393 e. The van der Waals surface area contributed by atoms with Gasteiger partial charge in [0, 0.05) is 24.0 Å². The summed E-state index contributed by atoms with van der Waals surface area (Å²) in [5.41, 5.74) is 0.565. The smallest absolute Gasteiger partial charge is 0.355 e. The van der Waals surface area contributed by atoms with Crippen LogP contribution >= 0.6 is 11.3 Å². The van der Waals surface area contributed by atoms with Crippen molar-refractivity contribution in [3.8, 4) is 6.07 Å². The van der Waals surface area contributed by atoms with E-state index in [0.29, 0.717) is 47.5 Å². The van der Waals surface area contributed by atoms with Crippen LogP contribution in [0.4, 0.5) is 19.0 Å². The van der Waals surface area contributed by atoms with Crippen LogP contribution in [0.3, 0.4) is 0 Å². The zero-order valence-electron chi connectivity index (χ0n) is 19.3. The predicted molar refractivity (Wildman–Crippen MR) is 130 cm³/mol. The number of sulfonamides is 1. The number of aromatic nitrogens is 2. The van der Waals surface area contributed by atoms with Crippen molar-refractivity contribution in [3.63, 3.8) is 0 Å². The average Bonchev–Trinajstić information content (AvgIpc) is 3.51. The highest BCUT2D eigenvalue weighted by atomic mass is 32.2. The summed E-state index contributed by atoms with van der Waals surface area (Å²) >= 11 is 1.04. The van der Waals surface area contributed by atoms with E-state index in [1.165, 1.54) is 18.5 Å². The third kappa shape index (κ3) is 5.19. The van der Waals surface area contributed by atoms with E-state index in [9.17, 15) is 21.6 Å². The molecule has 3 heterocycles. The molecule has 1 aliphatic carbocycles. The highest BCUT2D eigenvalue weighted by molar-refractivity contribution is 7.89. The molecule has 3 aromatic rings. The number of halogens is 3. The molecule has 1 N–H and O–H groups in total. The molecule has 2 atom stereocenters.